The summed E-state index contributed by atoms with van der Waals surface area (Å²) in [5.41, 5.74) is 5.69. The molecule has 0 fully saturated rings. The zero-order valence-corrected chi connectivity index (χ0v) is 7.36. The van der Waals surface area contributed by atoms with Gasteiger partial charge in [0.1, 0.15) is 11.8 Å². The molecule has 1 heterocycles. The van der Waals surface area contributed by atoms with Gasteiger partial charge in [-0.2, -0.15) is 5.26 Å². The summed E-state index contributed by atoms with van der Waals surface area (Å²) in [5, 5.41) is 17.5. The van der Waals surface area contributed by atoms with E-state index < -0.39 is 5.54 Å². The minimum atomic E-state index is -0.882. The van der Waals surface area contributed by atoms with Crippen LogP contribution in [0.2, 0.25) is 0 Å². The number of hydrogen-bond donors (Lipinski definition) is 2. The maximum Gasteiger partial charge on any atom is 0.140 e. The van der Waals surface area contributed by atoms with E-state index in [1.807, 2.05) is 6.07 Å². The molecule has 3 N–H and O–H groups in total. The highest BCUT2D eigenvalue weighted by atomic mass is 16.3. The van der Waals surface area contributed by atoms with Gasteiger partial charge in [-0.15, -0.1) is 0 Å². The third-order valence-corrected chi connectivity index (χ3v) is 1.78. The molecule has 0 saturated carbocycles. The molecule has 0 aliphatic rings. The van der Waals surface area contributed by atoms with Crippen molar-refractivity contribution in [2.75, 3.05) is 6.61 Å². The monoisotopic (exact) mass is 177 g/mol. The molecule has 0 spiro atoms. The summed E-state index contributed by atoms with van der Waals surface area (Å²) in [6.45, 7) is 1.46. The normalized spacial score (nSPS) is 14.6. The third-order valence-electron chi connectivity index (χ3n) is 1.78. The molecule has 0 bridgehead atoms. The molecule has 4 heteroatoms. The topological polar surface area (TPSA) is 82.9 Å². The number of rotatable bonds is 2. The number of hydrogen-bond acceptors (Lipinski definition) is 4. The summed E-state index contributed by atoms with van der Waals surface area (Å²) in [6.07, 6.45) is 0. The fraction of sp³-hybridized carbons (Fsp3) is 0.333. The highest BCUT2D eigenvalue weighted by Crippen LogP contribution is 2.14. The molecule has 1 atom stereocenters. The summed E-state index contributed by atoms with van der Waals surface area (Å²) in [7, 11) is 0. The summed E-state index contributed by atoms with van der Waals surface area (Å²) >= 11 is 0. The molecule has 0 aliphatic carbocycles. The highest BCUT2D eigenvalue weighted by Gasteiger charge is 2.21. The van der Waals surface area contributed by atoms with Crippen LogP contribution in [0.1, 0.15) is 18.3 Å². The van der Waals surface area contributed by atoms with E-state index in [1.54, 1.807) is 25.1 Å². The second kappa shape index (κ2) is 3.52. The minimum absolute atomic E-state index is 0.200. The third kappa shape index (κ3) is 2.02. The summed E-state index contributed by atoms with van der Waals surface area (Å²) < 4.78 is 0. The van der Waals surface area contributed by atoms with Crippen molar-refractivity contribution in [3.05, 3.63) is 29.6 Å². The number of aromatic nitrogens is 1. The number of nitrogens with two attached hydrogens (primary N) is 1. The average molecular weight is 177 g/mol. The van der Waals surface area contributed by atoms with Crippen molar-refractivity contribution in [2.24, 2.45) is 5.73 Å². The lowest BCUT2D eigenvalue weighted by atomic mass is 10.00. The van der Waals surface area contributed by atoms with Crippen molar-refractivity contribution in [3.63, 3.8) is 0 Å². The molecule has 68 valence electrons. The van der Waals surface area contributed by atoms with Crippen molar-refractivity contribution in [1.82, 2.24) is 4.98 Å². The van der Waals surface area contributed by atoms with Crippen molar-refractivity contribution in [3.8, 4) is 6.07 Å². The van der Waals surface area contributed by atoms with Crippen LogP contribution < -0.4 is 5.73 Å². The van der Waals surface area contributed by atoms with Crippen LogP contribution in [0.3, 0.4) is 0 Å². The van der Waals surface area contributed by atoms with Gasteiger partial charge in [-0.05, 0) is 19.1 Å². The number of aliphatic hydroxyl groups excluding tert-OH is 1. The van der Waals surface area contributed by atoms with E-state index in [4.69, 9.17) is 16.1 Å². The summed E-state index contributed by atoms with van der Waals surface area (Å²) in [5.74, 6) is 0. The zero-order valence-electron chi connectivity index (χ0n) is 7.36. The quantitative estimate of drug-likeness (QED) is 0.672. The Morgan fingerprint density at radius 2 is 2.38 bits per heavy atom. The molecule has 1 aromatic rings. The van der Waals surface area contributed by atoms with Crippen molar-refractivity contribution in [2.45, 2.75) is 12.5 Å². The molecular formula is C9H11N3O. The van der Waals surface area contributed by atoms with Crippen LogP contribution in [-0.2, 0) is 5.54 Å². The first-order chi connectivity index (χ1) is 6.10. The van der Waals surface area contributed by atoms with Crippen molar-refractivity contribution >= 4 is 0 Å². The fourth-order valence-corrected chi connectivity index (χ4v) is 0.896. The predicted molar refractivity (Wildman–Crippen MR) is 47.6 cm³/mol. The molecule has 0 radical (unpaired) electrons. The van der Waals surface area contributed by atoms with Crippen LogP contribution in [0.25, 0.3) is 0 Å². The SMILES string of the molecule is CC(N)(CO)c1cccc(C#N)n1. The molecule has 13 heavy (non-hydrogen) atoms. The maximum absolute atomic E-state index is 8.96. The largest absolute Gasteiger partial charge is 0.394 e. The second-order valence-corrected chi connectivity index (χ2v) is 3.10. The first-order valence-corrected chi connectivity index (χ1v) is 3.87. The Bertz CT molecular complexity index is 341. The smallest absolute Gasteiger partial charge is 0.140 e. The molecular weight excluding hydrogens is 166 g/mol. The lowest BCUT2D eigenvalue weighted by Gasteiger charge is -2.20. The standard InChI is InChI=1S/C9H11N3O/c1-9(11,6-13)8-4-2-3-7(5-10)12-8/h2-4,13H,6,11H2,1H3. The average Bonchev–Trinajstić information content (AvgIpc) is 2.18. The van der Waals surface area contributed by atoms with Gasteiger partial charge in [0.25, 0.3) is 0 Å². The summed E-state index contributed by atoms with van der Waals surface area (Å²) in [6, 6.07) is 6.90. The van der Waals surface area contributed by atoms with Gasteiger partial charge in [-0.1, -0.05) is 6.07 Å². The van der Waals surface area contributed by atoms with Gasteiger partial charge in [-0.3, -0.25) is 0 Å². The Kier molecular flexibility index (Phi) is 2.61. The second-order valence-electron chi connectivity index (χ2n) is 3.10. The lowest BCUT2D eigenvalue weighted by Crippen LogP contribution is -2.37. The molecule has 4 nitrogen and oxygen atoms in total. The number of nitrogens with zero attached hydrogens (tertiary/aromatic N) is 2. The Balaban J connectivity index is 3.10. The molecule has 1 rings (SSSR count). The summed E-state index contributed by atoms with van der Waals surface area (Å²) in [4.78, 5) is 3.99. The lowest BCUT2D eigenvalue weighted by molar-refractivity contribution is 0.206. The number of pyridine rings is 1. The molecule has 0 aliphatic heterocycles. The van der Waals surface area contributed by atoms with E-state index in [9.17, 15) is 0 Å². The number of nitriles is 1. The van der Waals surface area contributed by atoms with Crippen LogP contribution in [0, 0.1) is 11.3 Å². The van der Waals surface area contributed by atoms with Gasteiger partial charge in [-0.25, -0.2) is 4.98 Å². The Morgan fingerprint density at radius 3 is 2.92 bits per heavy atom. The molecule has 0 saturated heterocycles. The Hall–Kier alpha value is -1.44. The van der Waals surface area contributed by atoms with E-state index in [1.165, 1.54) is 0 Å². The van der Waals surface area contributed by atoms with E-state index in [0.717, 1.165) is 0 Å². The molecule has 0 aromatic carbocycles. The maximum atomic E-state index is 8.96. The zero-order chi connectivity index (χ0) is 9.90. The van der Waals surface area contributed by atoms with Crippen LogP contribution in [0.5, 0.6) is 0 Å². The van der Waals surface area contributed by atoms with Crippen molar-refractivity contribution < 1.29 is 5.11 Å². The van der Waals surface area contributed by atoms with E-state index in [0.29, 0.717) is 11.4 Å². The molecule has 1 aromatic heterocycles. The van der Waals surface area contributed by atoms with E-state index >= 15 is 0 Å². The Labute approximate surface area is 76.6 Å². The van der Waals surface area contributed by atoms with Gasteiger partial charge in [0.2, 0.25) is 0 Å². The van der Waals surface area contributed by atoms with Gasteiger partial charge >= 0.3 is 0 Å². The Morgan fingerprint density at radius 1 is 1.69 bits per heavy atom. The van der Waals surface area contributed by atoms with Crippen molar-refractivity contribution in [1.29, 1.82) is 5.26 Å². The highest BCUT2D eigenvalue weighted by molar-refractivity contribution is 5.25. The van der Waals surface area contributed by atoms with Gasteiger partial charge < -0.3 is 10.8 Å². The fourth-order valence-electron chi connectivity index (χ4n) is 0.896. The molecule has 0 amide bonds. The van der Waals surface area contributed by atoms with Gasteiger partial charge in [0.05, 0.1) is 17.8 Å². The molecule has 1 unspecified atom stereocenters. The first kappa shape index (κ1) is 9.65. The van der Waals surface area contributed by atoms with Gasteiger partial charge in [0.15, 0.2) is 0 Å². The number of aliphatic hydroxyl groups is 1. The van der Waals surface area contributed by atoms with Crippen LogP contribution in [0.4, 0.5) is 0 Å². The van der Waals surface area contributed by atoms with E-state index in [2.05, 4.69) is 4.98 Å². The van der Waals surface area contributed by atoms with Gasteiger partial charge in [0, 0.05) is 0 Å². The van der Waals surface area contributed by atoms with Crippen LogP contribution >= 0.6 is 0 Å². The first-order valence-electron chi connectivity index (χ1n) is 3.87. The van der Waals surface area contributed by atoms with Crippen LogP contribution in [-0.4, -0.2) is 16.7 Å². The van der Waals surface area contributed by atoms with Crippen LogP contribution in [0.15, 0.2) is 18.2 Å². The predicted octanol–water partition coefficient (Wildman–Crippen LogP) is 0.119. The van der Waals surface area contributed by atoms with E-state index in [-0.39, 0.29) is 6.61 Å². The minimum Gasteiger partial charge on any atom is -0.394 e.